The van der Waals surface area contributed by atoms with Gasteiger partial charge < -0.3 is 42.2 Å². The van der Waals surface area contributed by atoms with Crippen LogP contribution in [0.15, 0.2) is 11.4 Å². The van der Waals surface area contributed by atoms with E-state index in [2.05, 4.69) is 10.6 Å². The van der Waals surface area contributed by atoms with Crippen LogP contribution in [-0.4, -0.2) is 64.3 Å². The number of amidine groups is 1. The molecule has 2 rings (SSSR count). The maximum Gasteiger partial charge on any atom is 0.271 e. The highest BCUT2D eigenvalue weighted by atomic mass is 16.6. The quantitative estimate of drug-likeness (QED) is 0.140. The summed E-state index contributed by atoms with van der Waals surface area (Å²) in [6.45, 7) is -0.497. The molecule has 2 aliphatic rings. The molecule has 1 saturated heterocycles. The number of carbonyl (C=O) groups is 1. The predicted octanol–water partition coefficient (Wildman–Crippen LogP) is -3.60. The standard InChI is InChI=1S/C12H21N5O5/c13-6(10(14)15)7(16-4-1-2-4)11(21)17-12-9(20)8(19)5(3-18)22-12/h4-5,8-9,12,16,18-20H,1-3,13H2,(H3,14,15)(H,17,21)/b7-6+. The van der Waals surface area contributed by atoms with Crippen molar-refractivity contribution < 1.29 is 24.9 Å². The number of hydrogen-bond acceptors (Lipinski definition) is 8. The number of aliphatic hydroxyl groups excluding tert-OH is 3. The second-order valence-electron chi connectivity index (χ2n) is 5.35. The minimum absolute atomic E-state index is 0.0762. The summed E-state index contributed by atoms with van der Waals surface area (Å²) in [5.41, 5.74) is 10.7. The third-order valence-corrected chi connectivity index (χ3v) is 3.53. The van der Waals surface area contributed by atoms with Crippen LogP contribution in [0.2, 0.25) is 0 Å². The Morgan fingerprint density at radius 3 is 2.32 bits per heavy atom. The van der Waals surface area contributed by atoms with Crippen LogP contribution >= 0.6 is 0 Å². The number of hydrogen-bond donors (Lipinski definition) is 8. The second kappa shape index (κ2) is 6.48. The van der Waals surface area contributed by atoms with Gasteiger partial charge in [-0.05, 0) is 12.8 Å². The van der Waals surface area contributed by atoms with E-state index in [1.54, 1.807) is 0 Å². The molecule has 0 radical (unpaired) electrons. The first-order chi connectivity index (χ1) is 10.3. The first-order valence-corrected chi connectivity index (χ1v) is 6.89. The molecule has 1 heterocycles. The summed E-state index contributed by atoms with van der Waals surface area (Å²) in [6, 6.07) is 0.0869. The highest BCUT2D eigenvalue weighted by Crippen LogP contribution is 2.22. The normalized spacial score (nSPS) is 32.3. The zero-order valence-electron chi connectivity index (χ0n) is 11.8. The van der Waals surface area contributed by atoms with E-state index < -0.39 is 42.9 Å². The SMILES string of the molecule is N=C(N)/C(N)=C(\NC1CC1)C(=O)NC1OC(CO)C(O)C1O. The average Bonchev–Trinajstić information content (AvgIpc) is 3.26. The van der Waals surface area contributed by atoms with Crippen molar-refractivity contribution >= 4 is 11.7 Å². The van der Waals surface area contributed by atoms with Gasteiger partial charge in [-0.15, -0.1) is 0 Å². The lowest BCUT2D eigenvalue weighted by Gasteiger charge is -2.19. The second-order valence-corrected chi connectivity index (χ2v) is 5.35. The molecule has 0 aromatic heterocycles. The number of nitrogens with one attached hydrogen (secondary N) is 3. The number of nitrogens with two attached hydrogens (primary N) is 2. The summed E-state index contributed by atoms with van der Waals surface area (Å²) < 4.78 is 5.16. The minimum atomic E-state index is -1.39. The number of carbonyl (C=O) groups excluding carboxylic acids is 1. The van der Waals surface area contributed by atoms with Crippen molar-refractivity contribution in [2.75, 3.05) is 6.61 Å². The predicted molar refractivity (Wildman–Crippen MR) is 75.2 cm³/mol. The van der Waals surface area contributed by atoms with Gasteiger partial charge in [-0.25, -0.2) is 0 Å². The van der Waals surface area contributed by atoms with Crippen LogP contribution in [0.1, 0.15) is 12.8 Å². The summed E-state index contributed by atoms with van der Waals surface area (Å²) in [4.78, 5) is 12.3. The van der Waals surface area contributed by atoms with Crippen LogP contribution in [0, 0.1) is 5.41 Å². The van der Waals surface area contributed by atoms with Gasteiger partial charge in [0, 0.05) is 6.04 Å². The van der Waals surface area contributed by atoms with E-state index >= 15 is 0 Å². The van der Waals surface area contributed by atoms with Gasteiger partial charge in [-0.3, -0.25) is 10.2 Å². The van der Waals surface area contributed by atoms with Gasteiger partial charge in [0.1, 0.15) is 35.5 Å². The van der Waals surface area contributed by atoms with E-state index in [1.807, 2.05) is 0 Å². The van der Waals surface area contributed by atoms with E-state index in [4.69, 9.17) is 26.7 Å². The third-order valence-electron chi connectivity index (χ3n) is 3.53. The van der Waals surface area contributed by atoms with Crippen molar-refractivity contribution in [3.63, 3.8) is 0 Å². The van der Waals surface area contributed by atoms with Crippen molar-refractivity contribution in [1.82, 2.24) is 10.6 Å². The fourth-order valence-corrected chi connectivity index (χ4v) is 2.05. The Labute approximate surface area is 126 Å². The number of ether oxygens (including phenoxy) is 1. The topological polar surface area (TPSA) is 187 Å². The maximum atomic E-state index is 12.3. The van der Waals surface area contributed by atoms with Gasteiger partial charge in [0.2, 0.25) is 0 Å². The molecule has 1 saturated carbocycles. The first kappa shape index (κ1) is 16.5. The fraction of sp³-hybridized carbons (Fsp3) is 0.667. The van der Waals surface area contributed by atoms with Crippen molar-refractivity contribution in [3.8, 4) is 0 Å². The molecule has 4 atom stereocenters. The molecule has 10 heteroatoms. The van der Waals surface area contributed by atoms with Crippen molar-refractivity contribution in [2.24, 2.45) is 11.5 Å². The lowest BCUT2D eigenvalue weighted by molar-refractivity contribution is -0.124. The molecule has 0 bridgehead atoms. The van der Waals surface area contributed by atoms with Gasteiger partial charge >= 0.3 is 0 Å². The summed E-state index contributed by atoms with van der Waals surface area (Å²) in [5, 5.41) is 41.0. The molecule has 1 amide bonds. The van der Waals surface area contributed by atoms with E-state index in [9.17, 15) is 15.0 Å². The lowest BCUT2D eigenvalue weighted by atomic mass is 10.1. The van der Waals surface area contributed by atoms with Crippen LogP contribution < -0.4 is 22.1 Å². The van der Waals surface area contributed by atoms with Crippen molar-refractivity contribution in [1.29, 1.82) is 5.41 Å². The Bertz CT molecular complexity index is 492. The Morgan fingerprint density at radius 2 is 1.86 bits per heavy atom. The molecule has 0 spiro atoms. The summed E-state index contributed by atoms with van der Waals surface area (Å²) in [6.07, 6.45) is -3.15. The molecule has 1 aliphatic heterocycles. The largest absolute Gasteiger partial charge is 0.394 e. The van der Waals surface area contributed by atoms with Crippen LogP contribution in [0.4, 0.5) is 0 Å². The molecule has 124 valence electrons. The van der Waals surface area contributed by atoms with Crippen molar-refractivity contribution in [3.05, 3.63) is 11.4 Å². The Morgan fingerprint density at radius 1 is 1.23 bits per heavy atom. The number of amides is 1. The smallest absolute Gasteiger partial charge is 0.271 e. The summed E-state index contributed by atoms with van der Waals surface area (Å²) >= 11 is 0. The molecular formula is C12H21N5O5. The number of rotatable bonds is 6. The summed E-state index contributed by atoms with van der Waals surface area (Å²) in [7, 11) is 0. The molecule has 0 aromatic rings. The highest BCUT2D eigenvalue weighted by molar-refractivity contribution is 6.04. The minimum Gasteiger partial charge on any atom is -0.394 e. The molecule has 4 unspecified atom stereocenters. The molecule has 10 nitrogen and oxygen atoms in total. The van der Waals surface area contributed by atoms with E-state index in [-0.39, 0.29) is 17.4 Å². The molecule has 0 aromatic carbocycles. The van der Waals surface area contributed by atoms with Crippen LogP contribution in [-0.2, 0) is 9.53 Å². The Balaban J connectivity index is 2.08. The molecular weight excluding hydrogens is 294 g/mol. The summed E-state index contributed by atoms with van der Waals surface area (Å²) in [5.74, 6) is -1.17. The Kier molecular flexibility index (Phi) is 4.86. The van der Waals surface area contributed by atoms with E-state index in [0.717, 1.165) is 12.8 Å². The van der Waals surface area contributed by atoms with Crippen LogP contribution in [0.5, 0.6) is 0 Å². The van der Waals surface area contributed by atoms with E-state index in [1.165, 1.54) is 0 Å². The zero-order chi connectivity index (χ0) is 16.4. The van der Waals surface area contributed by atoms with Crippen molar-refractivity contribution in [2.45, 2.75) is 43.4 Å². The van der Waals surface area contributed by atoms with Crippen LogP contribution in [0.3, 0.4) is 0 Å². The van der Waals surface area contributed by atoms with Gasteiger partial charge in [-0.1, -0.05) is 0 Å². The Hall–Kier alpha value is -1.88. The first-order valence-electron chi connectivity index (χ1n) is 6.89. The van der Waals surface area contributed by atoms with Gasteiger partial charge in [0.05, 0.1) is 6.61 Å². The third kappa shape index (κ3) is 3.47. The number of aliphatic hydroxyl groups is 3. The lowest BCUT2D eigenvalue weighted by Crippen LogP contribution is -2.47. The fourth-order valence-electron chi connectivity index (χ4n) is 2.05. The zero-order valence-corrected chi connectivity index (χ0v) is 11.8. The average molecular weight is 315 g/mol. The molecule has 22 heavy (non-hydrogen) atoms. The van der Waals surface area contributed by atoms with Crippen LogP contribution in [0.25, 0.3) is 0 Å². The van der Waals surface area contributed by atoms with E-state index in [0.29, 0.717) is 0 Å². The van der Waals surface area contributed by atoms with Gasteiger partial charge in [-0.2, -0.15) is 0 Å². The molecule has 2 fully saturated rings. The maximum absolute atomic E-state index is 12.3. The van der Waals surface area contributed by atoms with Gasteiger partial charge in [0.25, 0.3) is 5.91 Å². The monoisotopic (exact) mass is 315 g/mol. The highest BCUT2D eigenvalue weighted by Gasteiger charge is 2.43. The molecule has 1 aliphatic carbocycles. The van der Waals surface area contributed by atoms with Gasteiger partial charge in [0.15, 0.2) is 6.23 Å². The molecule has 10 N–H and O–H groups in total.